The largest absolute Gasteiger partial charge is 0.464 e. The summed E-state index contributed by atoms with van der Waals surface area (Å²) < 4.78 is 5.40. The van der Waals surface area contributed by atoms with E-state index < -0.39 is 0 Å². The third kappa shape index (κ3) is 3.12. The molecule has 1 aromatic carbocycles. The number of thiophene rings is 1. The van der Waals surface area contributed by atoms with E-state index in [1.165, 1.54) is 5.56 Å². The summed E-state index contributed by atoms with van der Waals surface area (Å²) in [7, 11) is 0. The first-order valence-corrected chi connectivity index (χ1v) is 8.72. The van der Waals surface area contributed by atoms with E-state index in [9.17, 15) is 0 Å². The molecule has 0 bridgehead atoms. The molecule has 0 unspecified atom stereocenters. The molecule has 5 heteroatoms. The lowest BCUT2D eigenvalue weighted by atomic mass is 10.0. The highest BCUT2D eigenvalue weighted by molar-refractivity contribution is 7.07. The van der Waals surface area contributed by atoms with Crippen molar-refractivity contribution in [3.63, 3.8) is 0 Å². The number of fused-ring (bicyclic) bond motifs is 1. The fourth-order valence-corrected chi connectivity index (χ4v) is 3.43. The molecule has 24 heavy (non-hydrogen) atoms. The van der Waals surface area contributed by atoms with E-state index in [0.717, 1.165) is 40.9 Å². The quantitative estimate of drug-likeness (QED) is 0.550. The molecule has 0 spiro atoms. The number of hydrogen-bond acceptors (Lipinski definition) is 5. The Morgan fingerprint density at radius 3 is 2.92 bits per heavy atom. The number of nitrogens with zero attached hydrogens (tertiary/aromatic N) is 1. The molecule has 0 aliphatic carbocycles. The van der Waals surface area contributed by atoms with E-state index in [4.69, 9.17) is 10.2 Å². The van der Waals surface area contributed by atoms with Crippen LogP contribution in [0, 0.1) is 0 Å². The molecule has 0 atom stereocenters. The number of hydrogen-bond donors (Lipinski definition) is 2. The van der Waals surface area contributed by atoms with Crippen LogP contribution in [0.15, 0.2) is 63.9 Å². The maximum absolute atomic E-state index is 5.99. The van der Waals surface area contributed by atoms with Crippen LogP contribution in [0.1, 0.15) is 5.56 Å². The second-order valence-corrected chi connectivity index (χ2v) is 6.43. The molecule has 3 aromatic heterocycles. The maximum Gasteiger partial charge on any atom is 0.133 e. The molecule has 0 saturated heterocycles. The van der Waals surface area contributed by atoms with Crippen LogP contribution in [0.3, 0.4) is 0 Å². The van der Waals surface area contributed by atoms with Gasteiger partial charge in [-0.1, -0.05) is 6.07 Å². The summed E-state index contributed by atoms with van der Waals surface area (Å²) in [4.78, 5) is 4.38. The Labute approximate surface area is 144 Å². The number of nitrogens with two attached hydrogens (primary N) is 1. The summed E-state index contributed by atoms with van der Waals surface area (Å²) in [6.45, 7) is 0.827. The van der Waals surface area contributed by atoms with Crippen LogP contribution in [0.25, 0.3) is 22.1 Å². The van der Waals surface area contributed by atoms with Gasteiger partial charge in [-0.15, -0.1) is 0 Å². The first-order valence-electron chi connectivity index (χ1n) is 7.78. The van der Waals surface area contributed by atoms with Crippen molar-refractivity contribution in [2.45, 2.75) is 6.42 Å². The SMILES string of the molecule is Nc1cc(-c2ccc3occc3c2)cc(NCCc2ccsc2)n1. The van der Waals surface area contributed by atoms with E-state index in [0.29, 0.717) is 5.82 Å². The molecule has 3 heterocycles. The van der Waals surface area contributed by atoms with Crippen molar-refractivity contribution in [2.75, 3.05) is 17.6 Å². The van der Waals surface area contributed by atoms with Gasteiger partial charge in [-0.25, -0.2) is 4.98 Å². The molecule has 0 fully saturated rings. The molecule has 0 aliphatic rings. The highest BCUT2D eigenvalue weighted by Gasteiger charge is 2.06. The monoisotopic (exact) mass is 335 g/mol. The van der Waals surface area contributed by atoms with Gasteiger partial charge >= 0.3 is 0 Å². The number of nitrogen functional groups attached to an aromatic ring is 1. The fourth-order valence-electron chi connectivity index (χ4n) is 2.73. The van der Waals surface area contributed by atoms with Crippen LogP contribution in [-0.4, -0.2) is 11.5 Å². The highest BCUT2D eigenvalue weighted by Crippen LogP contribution is 2.27. The summed E-state index contributed by atoms with van der Waals surface area (Å²) in [5.41, 5.74) is 10.3. The number of benzene rings is 1. The Kier molecular flexibility index (Phi) is 3.92. The van der Waals surface area contributed by atoms with Crippen molar-refractivity contribution in [3.8, 4) is 11.1 Å². The minimum absolute atomic E-state index is 0.512. The lowest BCUT2D eigenvalue weighted by Gasteiger charge is -2.09. The second-order valence-electron chi connectivity index (χ2n) is 5.65. The molecule has 4 aromatic rings. The zero-order valence-electron chi connectivity index (χ0n) is 13.0. The van der Waals surface area contributed by atoms with E-state index in [1.807, 2.05) is 30.3 Å². The third-order valence-corrected chi connectivity index (χ3v) is 4.66. The van der Waals surface area contributed by atoms with Gasteiger partial charge in [0.15, 0.2) is 0 Å². The summed E-state index contributed by atoms with van der Waals surface area (Å²) in [5, 5.41) is 8.70. The smallest absolute Gasteiger partial charge is 0.133 e. The molecule has 0 amide bonds. The Morgan fingerprint density at radius 2 is 2.04 bits per heavy atom. The van der Waals surface area contributed by atoms with Crippen molar-refractivity contribution >= 4 is 33.9 Å². The molecule has 120 valence electrons. The molecular weight excluding hydrogens is 318 g/mol. The van der Waals surface area contributed by atoms with Gasteiger partial charge in [-0.2, -0.15) is 11.3 Å². The van der Waals surface area contributed by atoms with Crippen LogP contribution in [0.5, 0.6) is 0 Å². The average Bonchev–Trinajstić information content (AvgIpc) is 3.25. The first kappa shape index (κ1) is 14.8. The zero-order chi connectivity index (χ0) is 16.4. The Hall–Kier alpha value is -2.79. The molecular formula is C19H17N3OS. The average molecular weight is 335 g/mol. The number of nitrogens with one attached hydrogen (secondary N) is 1. The lowest BCUT2D eigenvalue weighted by molar-refractivity contribution is 0.616. The summed E-state index contributed by atoms with van der Waals surface area (Å²) >= 11 is 1.72. The highest BCUT2D eigenvalue weighted by atomic mass is 32.1. The Balaban J connectivity index is 1.56. The van der Waals surface area contributed by atoms with E-state index in [1.54, 1.807) is 17.6 Å². The summed E-state index contributed by atoms with van der Waals surface area (Å²) in [6, 6.07) is 14.1. The van der Waals surface area contributed by atoms with Gasteiger partial charge in [0.25, 0.3) is 0 Å². The van der Waals surface area contributed by atoms with Gasteiger partial charge < -0.3 is 15.5 Å². The van der Waals surface area contributed by atoms with E-state index >= 15 is 0 Å². The van der Waals surface area contributed by atoms with Crippen molar-refractivity contribution in [2.24, 2.45) is 0 Å². The number of anilines is 2. The maximum atomic E-state index is 5.99. The van der Waals surface area contributed by atoms with Gasteiger partial charge in [0.1, 0.15) is 17.2 Å². The van der Waals surface area contributed by atoms with Gasteiger partial charge in [-0.3, -0.25) is 0 Å². The topological polar surface area (TPSA) is 64.1 Å². The number of aromatic nitrogens is 1. The zero-order valence-corrected chi connectivity index (χ0v) is 13.8. The van der Waals surface area contributed by atoms with Crippen LogP contribution >= 0.6 is 11.3 Å². The lowest BCUT2D eigenvalue weighted by Crippen LogP contribution is -2.07. The minimum atomic E-state index is 0.512. The minimum Gasteiger partial charge on any atom is -0.464 e. The fraction of sp³-hybridized carbons (Fsp3) is 0.105. The van der Waals surface area contributed by atoms with Gasteiger partial charge in [-0.05, 0) is 70.3 Å². The van der Waals surface area contributed by atoms with Crippen molar-refractivity contribution in [3.05, 3.63) is 65.1 Å². The van der Waals surface area contributed by atoms with Crippen molar-refractivity contribution in [1.29, 1.82) is 0 Å². The molecule has 0 saturated carbocycles. The Bertz CT molecular complexity index is 960. The first-order chi connectivity index (χ1) is 11.8. The molecule has 0 radical (unpaired) electrons. The van der Waals surface area contributed by atoms with Gasteiger partial charge in [0, 0.05) is 11.9 Å². The third-order valence-electron chi connectivity index (χ3n) is 3.93. The van der Waals surface area contributed by atoms with E-state index in [2.05, 4.69) is 33.2 Å². The number of pyridine rings is 1. The number of furan rings is 1. The van der Waals surface area contributed by atoms with Gasteiger partial charge in [0.05, 0.1) is 6.26 Å². The summed E-state index contributed by atoms with van der Waals surface area (Å²) in [5.74, 6) is 1.31. The predicted octanol–water partition coefficient (Wildman–Crippen LogP) is 4.79. The van der Waals surface area contributed by atoms with Crippen molar-refractivity contribution in [1.82, 2.24) is 4.98 Å². The number of rotatable bonds is 5. The van der Waals surface area contributed by atoms with Crippen LogP contribution < -0.4 is 11.1 Å². The van der Waals surface area contributed by atoms with Crippen LogP contribution in [0.2, 0.25) is 0 Å². The molecule has 4 nitrogen and oxygen atoms in total. The summed E-state index contributed by atoms with van der Waals surface area (Å²) in [6.07, 6.45) is 2.67. The Morgan fingerprint density at radius 1 is 1.08 bits per heavy atom. The second kappa shape index (κ2) is 6.37. The van der Waals surface area contributed by atoms with E-state index in [-0.39, 0.29) is 0 Å². The molecule has 3 N–H and O–H groups in total. The normalized spacial score (nSPS) is 11.0. The molecule has 0 aliphatic heterocycles. The van der Waals surface area contributed by atoms with Crippen LogP contribution in [-0.2, 0) is 6.42 Å². The standard InChI is InChI=1S/C19H17N3OS/c20-18-10-16(14-1-2-17-15(9-14)4-7-23-17)11-19(22-18)21-6-3-13-5-8-24-12-13/h1-2,4-5,7-12H,3,6H2,(H3,20,21,22). The van der Waals surface area contributed by atoms with Crippen LogP contribution in [0.4, 0.5) is 11.6 Å². The predicted molar refractivity (Wildman–Crippen MR) is 100 cm³/mol. The molecule has 4 rings (SSSR count). The van der Waals surface area contributed by atoms with Gasteiger partial charge in [0.2, 0.25) is 0 Å². The van der Waals surface area contributed by atoms with Crippen molar-refractivity contribution < 1.29 is 4.42 Å².